The SMILES string of the molecule is NC(=O)CCC(NC(=O)C(CCCN=C(N)N)NC(=O)C(CS)NC(=O)C(N)CC(=O)O)C(=O)O. The number of carboxylic acid groups (broad SMARTS) is 2. The molecule has 0 aliphatic carbocycles. The van der Waals surface area contributed by atoms with Crippen molar-refractivity contribution in [3.8, 4) is 0 Å². The van der Waals surface area contributed by atoms with Gasteiger partial charge in [0, 0.05) is 18.7 Å². The number of rotatable bonds is 17. The van der Waals surface area contributed by atoms with Gasteiger partial charge in [0.1, 0.15) is 18.1 Å². The van der Waals surface area contributed by atoms with E-state index >= 15 is 0 Å². The van der Waals surface area contributed by atoms with Gasteiger partial charge in [-0.2, -0.15) is 12.6 Å². The van der Waals surface area contributed by atoms with Gasteiger partial charge in [-0.3, -0.25) is 29.0 Å². The molecule has 0 aromatic carbocycles. The number of nitrogens with one attached hydrogen (secondary N) is 3. The predicted molar refractivity (Wildman–Crippen MR) is 126 cm³/mol. The van der Waals surface area contributed by atoms with Crippen molar-refractivity contribution in [1.82, 2.24) is 16.0 Å². The number of aliphatic carboxylic acids is 2. The molecule has 35 heavy (non-hydrogen) atoms. The second kappa shape index (κ2) is 16.1. The fraction of sp³-hybridized carbons (Fsp3) is 0.611. The Labute approximate surface area is 206 Å². The van der Waals surface area contributed by atoms with E-state index in [4.69, 9.17) is 28.0 Å². The van der Waals surface area contributed by atoms with Gasteiger partial charge in [-0.05, 0) is 19.3 Å². The maximum atomic E-state index is 12.7. The summed E-state index contributed by atoms with van der Waals surface area (Å²) in [7, 11) is 0. The van der Waals surface area contributed by atoms with Crippen LogP contribution in [-0.4, -0.2) is 88.2 Å². The molecular weight excluding hydrogens is 488 g/mol. The van der Waals surface area contributed by atoms with Gasteiger partial charge in [0.05, 0.1) is 12.5 Å². The third kappa shape index (κ3) is 13.6. The van der Waals surface area contributed by atoms with Crippen molar-refractivity contribution in [1.29, 1.82) is 0 Å². The summed E-state index contributed by atoms with van der Waals surface area (Å²) in [5.41, 5.74) is 21.0. The molecule has 0 radical (unpaired) electrons. The molecule has 0 saturated carbocycles. The maximum absolute atomic E-state index is 12.7. The molecule has 0 spiro atoms. The number of carboxylic acids is 2. The van der Waals surface area contributed by atoms with Crippen molar-refractivity contribution in [2.45, 2.75) is 56.3 Å². The number of thiol groups is 1. The Bertz CT molecular complexity index is 820. The average molecular weight is 521 g/mol. The summed E-state index contributed by atoms with van der Waals surface area (Å²) in [5, 5.41) is 24.9. The molecule has 0 saturated heterocycles. The first kappa shape index (κ1) is 31.4. The molecule has 0 aliphatic rings. The van der Waals surface area contributed by atoms with Crippen LogP contribution in [0.2, 0.25) is 0 Å². The molecule has 16 nitrogen and oxygen atoms in total. The number of hydrogen-bond acceptors (Lipinski definition) is 9. The fourth-order valence-electron chi connectivity index (χ4n) is 2.61. The molecule has 198 valence electrons. The number of nitrogens with zero attached hydrogens (tertiary/aromatic N) is 1. The van der Waals surface area contributed by atoms with Crippen LogP contribution in [-0.2, 0) is 28.8 Å². The van der Waals surface area contributed by atoms with E-state index in [1.807, 2.05) is 0 Å². The summed E-state index contributed by atoms with van der Waals surface area (Å²) in [4.78, 5) is 74.4. The third-order valence-corrected chi connectivity index (χ3v) is 4.78. The first-order chi connectivity index (χ1) is 16.3. The van der Waals surface area contributed by atoms with Crippen molar-refractivity contribution < 1.29 is 39.0 Å². The molecule has 0 rings (SSSR count). The molecule has 0 heterocycles. The normalized spacial score (nSPS) is 13.9. The Morgan fingerprint density at radius 3 is 1.86 bits per heavy atom. The molecule has 0 bridgehead atoms. The van der Waals surface area contributed by atoms with Gasteiger partial charge in [0.2, 0.25) is 23.6 Å². The van der Waals surface area contributed by atoms with E-state index in [1.165, 1.54) is 0 Å². The van der Waals surface area contributed by atoms with Crippen LogP contribution in [0.3, 0.4) is 0 Å². The lowest BCUT2D eigenvalue weighted by molar-refractivity contribution is -0.142. The van der Waals surface area contributed by atoms with Gasteiger partial charge in [0.25, 0.3) is 0 Å². The van der Waals surface area contributed by atoms with Crippen molar-refractivity contribution in [3.63, 3.8) is 0 Å². The van der Waals surface area contributed by atoms with Crippen molar-refractivity contribution in [2.75, 3.05) is 12.3 Å². The predicted octanol–water partition coefficient (Wildman–Crippen LogP) is -4.42. The van der Waals surface area contributed by atoms with Crippen LogP contribution in [0.25, 0.3) is 0 Å². The Kier molecular flexibility index (Phi) is 14.4. The van der Waals surface area contributed by atoms with Gasteiger partial charge < -0.3 is 49.1 Å². The van der Waals surface area contributed by atoms with Gasteiger partial charge in [-0.25, -0.2) is 4.79 Å². The number of hydrogen-bond donors (Lipinski definition) is 10. The van der Waals surface area contributed by atoms with E-state index in [-0.39, 0.29) is 43.9 Å². The minimum absolute atomic E-state index is 0.0255. The van der Waals surface area contributed by atoms with Crippen LogP contribution >= 0.6 is 12.6 Å². The molecular formula is C18H32N8O8S. The molecule has 0 aromatic heterocycles. The largest absolute Gasteiger partial charge is 0.481 e. The smallest absolute Gasteiger partial charge is 0.326 e. The standard InChI is InChI=1S/C18H32N8O8S/c19-8(6-13(28)29)14(30)26-11(7-35)16(32)24-9(2-1-5-23-18(21)22)15(31)25-10(17(33)34)3-4-12(20)27/h8-11,35H,1-7,19H2,(H2,20,27)(H,24,32)(H,25,31)(H,26,30)(H,28,29)(H,33,34)(H4,21,22,23). The molecule has 0 aromatic rings. The van der Waals surface area contributed by atoms with E-state index in [1.54, 1.807) is 0 Å². The zero-order chi connectivity index (χ0) is 27.1. The summed E-state index contributed by atoms with van der Waals surface area (Å²) < 4.78 is 0. The lowest BCUT2D eigenvalue weighted by Crippen LogP contribution is -2.57. The number of carbonyl (C=O) groups excluding carboxylic acids is 4. The molecule has 4 atom stereocenters. The first-order valence-corrected chi connectivity index (χ1v) is 11.0. The van der Waals surface area contributed by atoms with Crippen LogP contribution in [0, 0.1) is 0 Å². The second-order valence-electron chi connectivity index (χ2n) is 7.36. The first-order valence-electron chi connectivity index (χ1n) is 10.3. The van der Waals surface area contributed by atoms with Crippen molar-refractivity contribution in [3.05, 3.63) is 0 Å². The zero-order valence-electron chi connectivity index (χ0n) is 18.8. The highest BCUT2D eigenvalue weighted by Gasteiger charge is 2.30. The Morgan fingerprint density at radius 1 is 0.829 bits per heavy atom. The van der Waals surface area contributed by atoms with Crippen LogP contribution in [0.5, 0.6) is 0 Å². The minimum Gasteiger partial charge on any atom is -0.481 e. The summed E-state index contributed by atoms with van der Waals surface area (Å²) >= 11 is 3.98. The van der Waals surface area contributed by atoms with E-state index in [0.717, 1.165) is 0 Å². The number of nitrogens with two attached hydrogens (primary N) is 4. The van der Waals surface area contributed by atoms with E-state index in [9.17, 15) is 33.9 Å². The van der Waals surface area contributed by atoms with Crippen LogP contribution < -0.4 is 38.9 Å². The Hall–Kier alpha value is -3.60. The monoisotopic (exact) mass is 520 g/mol. The summed E-state index contributed by atoms with van der Waals surface area (Å²) in [6.45, 7) is 0.1000. The summed E-state index contributed by atoms with van der Waals surface area (Å²) in [6, 6.07) is -5.45. The van der Waals surface area contributed by atoms with Gasteiger partial charge in [-0.15, -0.1) is 0 Å². The maximum Gasteiger partial charge on any atom is 0.326 e. The topological polar surface area (TPSA) is 295 Å². The highest BCUT2D eigenvalue weighted by atomic mass is 32.1. The Balaban J connectivity index is 5.44. The van der Waals surface area contributed by atoms with E-state index < -0.39 is 66.2 Å². The van der Waals surface area contributed by atoms with E-state index in [0.29, 0.717) is 0 Å². The zero-order valence-corrected chi connectivity index (χ0v) is 19.7. The number of primary amides is 1. The summed E-state index contributed by atoms with van der Waals surface area (Å²) in [6.07, 6.45) is -1.08. The van der Waals surface area contributed by atoms with Crippen molar-refractivity contribution >= 4 is 54.2 Å². The molecule has 17 heteroatoms. The molecule has 4 unspecified atom stereocenters. The third-order valence-electron chi connectivity index (χ3n) is 4.42. The molecule has 0 aliphatic heterocycles. The number of amides is 4. The lowest BCUT2D eigenvalue weighted by Gasteiger charge is -2.24. The highest BCUT2D eigenvalue weighted by Crippen LogP contribution is 2.04. The van der Waals surface area contributed by atoms with Crippen LogP contribution in [0.4, 0.5) is 0 Å². The van der Waals surface area contributed by atoms with Crippen LogP contribution in [0.15, 0.2) is 4.99 Å². The number of carbonyl (C=O) groups is 6. The second-order valence-corrected chi connectivity index (χ2v) is 7.73. The molecule has 4 amide bonds. The number of aliphatic imine (C=N–C) groups is 1. The quantitative estimate of drug-likeness (QED) is 0.0377. The molecule has 0 fully saturated rings. The van der Waals surface area contributed by atoms with Gasteiger partial charge in [-0.1, -0.05) is 0 Å². The van der Waals surface area contributed by atoms with E-state index in [2.05, 4.69) is 33.6 Å². The lowest BCUT2D eigenvalue weighted by atomic mass is 10.1. The van der Waals surface area contributed by atoms with Gasteiger partial charge in [0.15, 0.2) is 5.96 Å². The minimum atomic E-state index is -1.46. The average Bonchev–Trinajstić information content (AvgIpc) is 2.75. The van der Waals surface area contributed by atoms with Gasteiger partial charge >= 0.3 is 11.9 Å². The summed E-state index contributed by atoms with van der Waals surface area (Å²) in [5.74, 6) is -6.58. The fourth-order valence-corrected chi connectivity index (χ4v) is 2.87. The highest BCUT2D eigenvalue weighted by molar-refractivity contribution is 7.80. The van der Waals surface area contributed by atoms with Crippen molar-refractivity contribution in [2.24, 2.45) is 27.9 Å². The number of guanidine groups is 1. The Morgan fingerprint density at radius 2 is 1.37 bits per heavy atom. The van der Waals surface area contributed by atoms with Crippen LogP contribution in [0.1, 0.15) is 32.1 Å². The molecule has 13 N–H and O–H groups in total.